The van der Waals surface area contributed by atoms with Gasteiger partial charge in [-0.05, 0) is 12.8 Å². The molecule has 0 aromatic rings. The fourth-order valence-corrected chi connectivity index (χ4v) is 2.97. The zero-order valence-electron chi connectivity index (χ0n) is 9.00. The molecular formula is C8H14N2O6S. The van der Waals surface area contributed by atoms with Gasteiger partial charge in [-0.2, -0.15) is 17.4 Å². The van der Waals surface area contributed by atoms with Crippen LogP contribution in [-0.4, -0.2) is 54.0 Å². The lowest BCUT2D eigenvalue weighted by molar-refractivity contribution is -0.145. The van der Waals surface area contributed by atoms with Gasteiger partial charge in [-0.1, -0.05) is 0 Å². The van der Waals surface area contributed by atoms with Crippen molar-refractivity contribution in [3.8, 4) is 0 Å². The maximum atomic E-state index is 11.7. The molecule has 1 rings (SSSR count). The van der Waals surface area contributed by atoms with Crippen molar-refractivity contribution >= 4 is 22.1 Å². The molecule has 1 atom stereocenters. The summed E-state index contributed by atoms with van der Waals surface area (Å²) >= 11 is 0. The second-order valence-electron chi connectivity index (χ2n) is 3.72. The Morgan fingerprint density at radius 1 is 1.24 bits per heavy atom. The fraction of sp³-hybridized carbons (Fsp3) is 0.750. The monoisotopic (exact) mass is 266 g/mol. The van der Waals surface area contributed by atoms with Gasteiger partial charge in [-0.3, -0.25) is 9.59 Å². The minimum atomic E-state index is -3.91. The number of nitrogens with zero attached hydrogens (tertiary/aromatic N) is 1. The maximum Gasteiger partial charge on any atom is 0.322 e. The van der Waals surface area contributed by atoms with E-state index in [1.165, 1.54) is 0 Å². The lowest BCUT2D eigenvalue weighted by Crippen LogP contribution is -2.48. The molecule has 8 nitrogen and oxygen atoms in total. The fourth-order valence-electron chi connectivity index (χ4n) is 1.54. The van der Waals surface area contributed by atoms with E-state index in [1.54, 1.807) is 0 Å². The Labute approximate surface area is 98.4 Å². The van der Waals surface area contributed by atoms with Crippen LogP contribution in [-0.2, 0) is 19.8 Å². The molecule has 1 aliphatic rings. The van der Waals surface area contributed by atoms with Crippen molar-refractivity contribution in [2.45, 2.75) is 25.3 Å². The summed E-state index contributed by atoms with van der Waals surface area (Å²) in [5.41, 5.74) is 0. The van der Waals surface area contributed by atoms with Gasteiger partial charge in [0.2, 0.25) is 0 Å². The topological polar surface area (TPSA) is 124 Å². The van der Waals surface area contributed by atoms with E-state index in [9.17, 15) is 18.0 Å². The number of rotatable bonds is 6. The normalized spacial score (nSPS) is 19.1. The highest BCUT2D eigenvalue weighted by Gasteiger charge is 2.31. The summed E-state index contributed by atoms with van der Waals surface area (Å²) in [5, 5.41) is 17.2. The molecule has 0 aromatic carbocycles. The van der Waals surface area contributed by atoms with E-state index in [2.05, 4.69) is 0 Å². The lowest BCUT2D eigenvalue weighted by Gasteiger charge is -2.19. The van der Waals surface area contributed by atoms with Gasteiger partial charge in [0.25, 0.3) is 10.2 Å². The zero-order chi connectivity index (χ0) is 13.1. The summed E-state index contributed by atoms with van der Waals surface area (Å²) in [6, 6.07) is -1.64. The summed E-state index contributed by atoms with van der Waals surface area (Å²) in [6.45, 7) is 0.656. The molecule has 1 heterocycles. The van der Waals surface area contributed by atoms with Crippen molar-refractivity contribution in [1.82, 2.24) is 9.03 Å². The van der Waals surface area contributed by atoms with Crippen molar-refractivity contribution in [3.63, 3.8) is 0 Å². The molecule has 9 heteroatoms. The molecule has 0 aromatic heterocycles. The summed E-state index contributed by atoms with van der Waals surface area (Å²) in [4.78, 5) is 21.1. The summed E-state index contributed by atoms with van der Waals surface area (Å²) < 4.78 is 26.4. The van der Waals surface area contributed by atoms with Gasteiger partial charge in [0.15, 0.2) is 0 Å². The van der Waals surface area contributed by atoms with E-state index in [1.807, 2.05) is 4.72 Å². The van der Waals surface area contributed by atoms with Crippen molar-refractivity contribution in [2.75, 3.05) is 13.1 Å². The Balaban J connectivity index is 2.71. The number of hydrogen-bond acceptors (Lipinski definition) is 4. The first-order chi connectivity index (χ1) is 7.83. The van der Waals surface area contributed by atoms with Crippen LogP contribution in [0.15, 0.2) is 0 Å². The Bertz CT molecular complexity index is 400. The molecule has 1 aliphatic heterocycles. The Kier molecular flexibility index (Phi) is 4.43. The number of aliphatic carboxylic acids is 2. The first-order valence-electron chi connectivity index (χ1n) is 5.05. The van der Waals surface area contributed by atoms with E-state index in [-0.39, 0.29) is 0 Å². The van der Waals surface area contributed by atoms with Gasteiger partial charge >= 0.3 is 11.9 Å². The highest BCUT2D eigenvalue weighted by molar-refractivity contribution is 7.87. The van der Waals surface area contributed by atoms with E-state index >= 15 is 0 Å². The molecule has 0 saturated carbocycles. The highest BCUT2D eigenvalue weighted by Crippen LogP contribution is 2.12. The second kappa shape index (κ2) is 5.43. The largest absolute Gasteiger partial charge is 0.481 e. The van der Waals surface area contributed by atoms with E-state index < -0.39 is 34.6 Å². The Morgan fingerprint density at radius 2 is 1.76 bits per heavy atom. The number of carboxylic acids is 2. The average molecular weight is 266 g/mol. The summed E-state index contributed by atoms with van der Waals surface area (Å²) in [7, 11) is -3.91. The third-order valence-corrected chi connectivity index (χ3v) is 4.00. The summed E-state index contributed by atoms with van der Waals surface area (Å²) in [5.74, 6) is -2.88. The number of hydrogen-bond donors (Lipinski definition) is 3. The van der Waals surface area contributed by atoms with Crippen LogP contribution < -0.4 is 4.72 Å². The molecular weight excluding hydrogens is 252 g/mol. The zero-order valence-corrected chi connectivity index (χ0v) is 9.81. The van der Waals surface area contributed by atoms with Crippen molar-refractivity contribution in [2.24, 2.45) is 0 Å². The van der Waals surface area contributed by atoms with Crippen LogP contribution in [0.1, 0.15) is 19.3 Å². The van der Waals surface area contributed by atoms with E-state index in [0.717, 1.165) is 17.1 Å². The van der Waals surface area contributed by atoms with Gasteiger partial charge in [-0.25, -0.2) is 0 Å². The van der Waals surface area contributed by atoms with Crippen LogP contribution in [0.3, 0.4) is 0 Å². The molecule has 0 aliphatic carbocycles. The van der Waals surface area contributed by atoms with Crippen molar-refractivity contribution in [3.05, 3.63) is 0 Å². The van der Waals surface area contributed by atoms with Gasteiger partial charge in [0.1, 0.15) is 6.04 Å². The van der Waals surface area contributed by atoms with Gasteiger partial charge in [0.05, 0.1) is 6.42 Å². The highest BCUT2D eigenvalue weighted by atomic mass is 32.2. The molecule has 17 heavy (non-hydrogen) atoms. The van der Waals surface area contributed by atoms with Crippen molar-refractivity contribution in [1.29, 1.82) is 0 Å². The number of carbonyl (C=O) groups is 2. The minimum Gasteiger partial charge on any atom is -0.481 e. The minimum absolute atomic E-state index is 0.328. The number of carboxylic acid groups (broad SMARTS) is 2. The van der Waals surface area contributed by atoms with Gasteiger partial charge in [-0.15, -0.1) is 0 Å². The lowest BCUT2D eigenvalue weighted by atomic mass is 10.2. The van der Waals surface area contributed by atoms with Crippen LogP contribution in [0.2, 0.25) is 0 Å². The molecule has 0 amide bonds. The Hall–Kier alpha value is -1.19. The van der Waals surface area contributed by atoms with E-state index in [4.69, 9.17) is 10.2 Å². The second-order valence-corrected chi connectivity index (χ2v) is 5.42. The van der Waals surface area contributed by atoms with Crippen LogP contribution in [0.4, 0.5) is 0 Å². The Morgan fingerprint density at radius 3 is 2.18 bits per heavy atom. The van der Waals surface area contributed by atoms with Crippen LogP contribution in [0, 0.1) is 0 Å². The quantitative estimate of drug-likeness (QED) is 0.557. The molecule has 0 spiro atoms. The van der Waals surface area contributed by atoms with Crippen LogP contribution in [0.5, 0.6) is 0 Å². The third kappa shape index (κ3) is 3.95. The predicted octanol–water partition coefficient (Wildman–Crippen LogP) is -1.16. The molecule has 0 bridgehead atoms. The van der Waals surface area contributed by atoms with Crippen LogP contribution in [0.25, 0.3) is 0 Å². The average Bonchev–Trinajstić information content (AvgIpc) is 2.68. The first kappa shape index (κ1) is 13.9. The molecule has 0 radical (unpaired) electrons. The summed E-state index contributed by atoms with van der Waals surface area (Å²) in [6.07, 6.45) is 0.650. The van der Waals surface area contributed by atoms with Gasteiger partial charge in [0, 0.05) is 13.1 Å². The first-order valence-corrected chi connectivity index (χ1v) is 6.49. The third-order valence-electron chi connectivity index (χ3n) is 2.37. The van der Waals surface area contributed by atoms with Gasteiger partial charge < -0.3 is 10.2 Å². The standard InChI is InChI=1S/C8H14N2O6S/c11-7(12)5-6(8(13)14)9-17(15,16)10-3-1-2-4-10/h6,9H,1-5H2,(H,11,12)(H,13,14). The van der Waals surface area contributed by atoms with Crippen molar-refractivity contribution < 1.29 is 28.2 Å². The number of nitrogens with one attached hydrogen (secondary N) is 1. The SMILES string of the molecule is O=C(O)CC(NS(=O)(=O)N1CCCC1)C(=O)O. The van der Waals surface area contributed by atoms with Crippen LogP contribution >= 0.6 is 0 Å². The molecule has 98 valence electrons. The molecule has 1 unspecified atom stereocenters. The predicted molar refractivity (Wildman–Crippen MR) is 56.5 cm³/mol. The molecule has 3 N–H and O–H groups in total. The molecule has 1 fully saturated rings. The smallest absolute Gasteiger partial charge is 0.322 e. The maximum absolute atomic E-state index is 11.7. The molecule has 1 saturated heterocycles. The van der Waals surface area contributed by atoms with E-state index in [0.29, 0.717) is 13.1 Å².